The van der Waals surface area contributed by atoms with Gasteiger partial charge in [-0.2, -0.15) is 0 Å². The number of hydrogen-bond donors (Lipinski definition) is 0. The van der Waals surface area contributed by atoms with Gasteiger partial charge >= 0.3 is 11.9 Å². The first-order valence-electron chi connectivity index (χ1n) is 27.7. The fraction of sp³-hybridized carbons (Fsp3) is 0.793. The van der Waals surface area contributed by atoms with Gasteiger partial charge in [-0.25, -0.2) is 0 Å². The van der Waals surface area contributed by atoms with E-state index in [2.05, 4.69) is 98.4 Å². The topological polar surface area (TPSA) is 77.5 Å². The maximum atomic E-state index is 13.4. The van der Waals surface area contributed by atoms with E-state index in [1.165, 1.54) is 122 Å². The lowest BCUT2D eigenvalue weighted by Gasteiger charge is -2.32. The fourth-order valence-electron chi connectivity index (χ4n) is 9.02. The zero-order valence-electron chi connectivity index (χ0n) is 43.3. The minimum Gasteiger partial charge on any atom is -0.463 e. The summed E-state index contributed by atoms with van der Waals surface area (Å²) in [5.74, 6) is -0.0999. The van der Waals surface area contributed by atoms with E-state index in [0.717, 1.165) is 84.0 Å². The first-order chi connectivity index (χ1) is 32.5. The average molecular weight is 923 g/mol. The molecule has 0 aromatic heterocycles. The van der Waals surface area contributed by atoms with Crippen molar-refractivity contribution in [3.63, 3.8) is 0 Å². The van der Waals surface area contributed by atoms with Crippen molar-refractivity contribution in [2.75, 3.05) is 66.2 Å². The van der Waals surface area contributed by atoms with Crippen molar-refractivity contribution in [3.05, 3.63) is 60.8 Å². The first kappa shape index (κ1) is 59.6. The van der Waals surface area contributed by atoms with Crippen molar-refractivity contribution in [2.45, 2.75) is 219 Å². The van der Waals surface area contributed by atoms with Gasteiger partial charge in [-0.3, -0.25) is 14.5 Å². The van der Waals surface area contributed by atoms with Crippen LogP contribution in [0.4, 0.5) is 0 Å². The summed E-state index contributed by atoms with van der Waals surface area (Å²) in [5, 5.41) is 0. The van der Waals surface area contributed by atoms with E-state index in [-0.39, 0.29) is 42.6 Å². The molecular formula is C58H102N2O6. The van der Waals surface area contributed by atoms with Crippen LogP contribution in [0.5, 0.6) is 0 Å². The smallest absolute Gasteiger partial charge is 0.320 e. The van der Waals surface area contributed by atoms with E-state index in [1.807, 2.05) is 0 Å². The highest BCUT2D eigenvalue weighted by Crippen LogP contribution is 2.39. The van der Waals surface area contributed by atoms with Crippen LogP contribution >= 0.6 is 0 Å². The van der Waals surface area contributed by atoms with E-state index in [0.29, 0.717) is 32.8 Å². The molecule has 8 nitrogen and oxygen atoms in total. The summed E-state index contributed by atoms with van der Waals surface area (Å²) < 4.78 is 24.5. The molecule has 1 aliphatic carbocycles. The zero-order valence-corrected chi connectivity index (χ0v) is 43.3. The van der Waals surface area contributed by atoms with Crippen molar-refractivity contribution in [2.24, 2.45) is 11.8 Å². The molecule has 0 N–H and O–H groups in total. The van der Waals surface area contributed by atoms with Crippen LogP contribution in [0.25, 0.3) is 0 Å². The highest BCUT2D eigenvalue weighted by molar-refractivity contribution is 5.72. The molecule has 2 fully saturated rings. The van der Waals surface area contributed by atoms with Crippen LogP contribution in [0.2, 0.25) is 0 Å². The summed E-state index contributed by atoms with van der Waals surface area (Å²) in [4.78, 5) is 30.9. The molecule has 1 saturated carbocycles. The number of unbranched alkanes of at least 4 members (excludes halogenated alkanes) is 18. The molecule has 0 aromatic carbocycles. The van der Waals surface area contributed by atoms with Crippen LogP contribution in [-0.4, -0.2) is 100 Å². The lowest BCUT2D eigenvalue weighted by Crippen LogP contribution is -2.46. The Hall–Kier alpha value is -2.52. The number of nitrogens with zero attached hydrogens (tertiary/aromatic N) is 2. The number of piperazine rings is 1. The molecule has 380 valence electrons. The SMILES string of the molecule is CC/C=C\CC1C(CC(=O)OCC(COCCCCCCCC/C=C\C/C=C\CCCCC)OCCCCCCCC/C=C\C/C=C\CCCCC)CCC1OC(=O)CN1CCN(C)CC1. The number of likely N-dealkylation sites (N-methyl/N-ethyl adjacent to an activating group) is 1. The quantitative estimate of drug-likeness (QED) is 0.0340. The molecule has 4 atom stereocenters. The highest BCUT2D eigenvalue weighted by atomic mass is 16.6. The second-order valence-corrected chi connectivity index (χ2v) is 19.3. The summed E-state index contributed by atoms with van der Waals surface area (Å²) in [7, 11) is 2.12. The van der Waals surface area contributed by atoms with Gasteiger partial charge in [0.15, 0.2) is 0 Å². The molecule has 8 heteroatoms. The predicted octanol–water partition coefficient (Wildman–Crippen LogP) is 14.5. The van der Waals surface area contributed by atoms with E-state index in [4.69, 9.17) is 18.9 Å². The Labute approximate surface area is 406 Å². The molecule has 1 saturated heterocycles. The Kier molecular flexibility index (Phi) is 39.5. The lowest BCUT2D eigenvalue weighted by atomic mass is 9.88. The third kappa shape index (κ3) is 33.9. The molecule has 0 bridgehead atoms. The van der Waals surface area contributed by atoms with Gasteiger partial charge in [0.2, 0.25) is 0 Å². The van der Waals surface area contributed by atoms with Crippen LogP contribution < -0.4 is 0 Å². The van der Waals surface area contributed by atoms with Crippen LogP contribution in [-0.2, 0) is 28.5 Å². The Morgan fingerprint density at radius 1 is 0.561 bits per heavy atom. The van der Waals surface area contributed by atoms with Gasteiger partial charge in [-0.1, -0.05) is 159 Å². The van der Waals surface area contributed by atoms with Crippen LogP contribution in [0, 0.1) is 11.8 Å². The Bertz CT molecular complexity index is 1290. The average Bonchev–Trinajstić information content (AvgIpc) is 3.68. The second-order valence-electron chi connectivity index (χ2n) is 19.3. The molecule has 0 amide bonds. The maximum absolute atomic E-state index is 13.4. The van der Waals surface area contributed by atoms with E-state index in [1.54, 1.807) is 0 Å². The normalized spacial score (nSPS) is 19.2. The van der Waals surface area contributed by atoms with Gasteiger partial charge in [0.25, 0.3) is 0 Å². The zero-order chi connectivity index (χ0) is 47.4. The van der Waals surface area contributed by atoms with Gasteiger partial charge in [0, 0.05) is 51.7 Å². The summed E-state index contributed by atoms with van der Waals surface area (Å²) in [6.45, 7) is 12.7. The summed E-state index contributed by atoms with van der Waals surface area (Å²) in [5.41, 5.74) is 0. The van der Waals surface area contributed by atoms with Gasteiger partial charge in [-0.05, 0) is 116 Å². The number of allylic oxidation sites excluding steroid dienone is 10. The maximum Gasteiger partial charge on any atom is 0.320 e. The Balaban J connectivity index is 1.73. The molecule has 1 aliphatic heterocycles. The molecule has 4 unspecified atom stereocenters. The number of carbonyl (C=O) groups excluding carboxylic acids is 2. The molecule has 2 aliphatic rings. The van der Waals surface area contributed by atoms with Crippen LogP contribution in [0.15, 0.2) is 60.8 Å². The standard InChI is InChI=1S/C58H102N2O6/c1-5-8-11-13-15-17-19-21-23-25-27-29-31-33-35-38-47-63-51-54(64-48-39-36-34-32-30-28-26-24-22-20-18-16-14-12-9-6-2)52-65-57(61)49-53-41-42-56(55(53)40-37-10-7-3)66-58(62)50-60-45-43-59(4)44-46-60/h10,15-18,21-24,37,53-56H,5-9,11-14,19-20,25-36,38-52H2,1-4H3/b17-15-,18-16-,23-21-,24-22-,37-10-. The van der Waals surface area contributed by atoms with Crippen molar-refractivity contribution >= 4 is 11.9 Å². The van der Waals surface area contributed by atoms with Crippen LogP contribution in [0.3, 0.4) is 0 Å². The Morgan fingerprint density at radius 3 is 1.65 bits per heavy atom. The largest absolute Gasteiger partial charge is 0.463 e. The summed E-state index contributed by atoms with van der Waals surface area (Å²) in [6, 6.07) is 0. The molecule has 0 radical (unpaired) electrons. The third-order valence-electron chi connectivity index (χ3n) is 13.3. The van der Waals surface area contributed by atoms with E-state index >= 15 is 0 Å². The number of carbonyl (C=O) groups is 2. The van der Waals surface area contributed by atoms with Crippen molar-refractivity contribution in [1.82, 2.24) is 9.80 Å². The van der Waals surface area contributed by atoms with Gasteiger partial charge in [0.05, 0.1) is 13.2 Å². The van der Waals surface area contributed by atoms with Gasteiger partial charge in [0.1, 0.15) is 18.8 Å². The number of rotatable bonds is 43. The molecule has 2 rings (SSSR count). The van der Waals surface area contributed by atoms with E-state index in [9.17, 15) is 9.59 Å². The minimum atomic E-state index is -0.272. The van der Waals surface area contributed by atoms with E-state index < -0.39 is 0 Å². The minimum absolute atomic E-state index is 0.116. The first-order valence-corrected chi connectivity index (χ1v) is 27.7. The number of ether oxygens (including phenoxy) is 4. The lowest BCUT2D eigenvalue weighted by molar-refractivity contribution is -0.153. The summed E-state index contributed by atoms with van der Waals surface area (Å²) in [6.07, 6.45) is 55.5. The second kappa shape index (κ2) is 43.7. The molecule has 66 heavy (non-hydrogen) atoms. The molecular weight excluding hydrogens is 821 g/mol. The Morgan fingerprint density at radius 2 is 1.09 bits per heavy atom. The molecule has 0 aromatic rings. The predicted molar refractivity (Wildman–Crippen MR) is 279 cm³/mol. The number of esters is 2. The van der Waals surface area contributed by atoms with Crippen molar-refractivity contribution < 1.29 is 28.5 Å². The fourth-order valence-corrected chi connectivity index (χ4v) is 9.02. The van der Waals surface area contributed by atoms with Gasteiger partial charge in [-0.15, -0.1) is 0 Å². The van der Waals surface area contributed by atoms with Crippen molar-refractivity contribution in [3.8, 4) is 0 Å². The molecule has 0 spiro atoms. The van der Waals surface area contributed by atoms with Crippen LogP contribution in [0.1, 0.15) is 207 Å². The third-order valence-corrected chi connectivity index (χ3v) is 13.3. The monoisotopic (exact) mass is 923 g/mol. The van der Waals surface area contributed by atoms with Crippen molar-refractivity contribution in [1.29, 1.82) is 0 Å². The molecule has 1 heterocycles. The van der Waals surface area contributed by atoms with Gasteiger partial charge < -0.3 is 23.8 Å². The highest BCUT2D eigenvalue weighted by Gasteiger charge is 2.39. The summed E-state index contributed by atoms with van der Waals surface area (Å²) >= 11 is 0. The number of hydrogen-bond acceptors (Lipinski definition) is 8.